The van der Waals surface area contributed by atoms with E-state index < -0.39 is 0 Å². The normalized spacial score (nSPS) is 9.62. The van der Waals surface area contributed by atoms with Gasteiger partial charge in [0.2, 0.25) is 0 Å². The lowest BCUT2D eigenvalue weighted by molar-refractivity contribution is 0.134. The maximum absolute atomic E-state index is 8.63. The van der Waals surface area contributed by atoms with E-state index in [4.69, 9.17) is 5.21 Å². The molecule has 0 spiro atoms. The zero-order valence-electron chi connectivity index (χ0n) is 4.44. The Hall–Kier alpha value is -1.13. The number of nitrogens with zero attached hydrogens (tertiary/aromatic N) is 4. The van der Waals surface area contributed by atoms with E-state index in [0.717, 1.165) is 0 Å². The molecule has 0 fully saturated rings. The summed E-state index contributed by atoms with van der Waals surface area (Å²) in [6, 6.07) is 0. The Balaban J connectivity index is 2.92. The summed E-state index contributed by atoms with van der Waals surface area (Å²) in [4.78, 5) is 0.667. The minimum absolute atomic E-state index is 0.477. The molecule has 1 rings (SSSR count). The van der Waals surface area contributed by atoms with Gasteiger partial charge in [0.15, 0.2) is 5.82 Å². The van der Waals surface area contributed by atoms with Crippen molar-refractivity contribution < 1.29 is 5.21 Å². The molecule has 0 amide bonds. The first-order chi connectivity index (χ1) is 3.84. The first-order valence-corrected chi connectivity index (χ1v) is 2.31. The third kappa shape index (κ3) is 0.617. The Bertz CT molecular complexity index is 172. The van der Waals surface area contributed by atoms with Crippen LogP contribution in [0.5, 0.6) is 0 Å². The molecular formula is C3H6N4O. The summed E-state index contributed by atoms with van der Waals surface area (Å²) in [5, 5.41) is 18.5. The summed E-state index contributed by atoms with van der Waals surface area (Å²) in [6.45, 7) is 1.86. The van der Waals surface area contributed by atoms with Gasteiger partial charge in [-0.3, -0.25) is 0 Å². The summed E-state index contributed by atoms with van der Waals surface area (Å²) >= 11 is 0. The quantitative estimate of drug-likeness (QED) is 0.498. The molecule has 8 heavy (non-hydrogen) atoms. The Kier molecular flexibility index (Phi) is 1.11. The molecule has 0 saturated heterocycles. The summed E-state index contributed by atoms with van der Waals surface area (Å²) in [7, 11) is 0. The smallest absolute Gasteiger partial charge is 0.191 e. The van der Waals surface area contributed by atoms with Crippen LogP contribution in [0.25, 0.3) is 0 Å². The number of rotatable bonds is 1. The van der Waals surface area contributed by atoms with E-state index in [1.54, 1.807) is 0 Å². The van der Waals surface area contributed by atoms with Crippen LogP contribution in [-0.4, -0.2) is 25.6 Å². The molecular weight excluding hydrogens is 108 g/mol. The van der Waals surface area contributed by atoms with Gasteiger partial charge in [-0.25, -0.2) is 0 Å². The second-order valence-electron chi connectivity index (χ2n) is 1.34. The molecule has 1 aromatic heterocycles. The summed E-state index contributed by atoms with van der Waals surface area (Å²) < 4.78 is 0. The molecule has 0 unspecified atom stereocenters. The molecule has 0 saturated carbocycles. The van der Waals surface area contributed by atoms with E-state index in [1.165, 1.54) is 0 Å². The Morgan fingerprint density at radius 2 is 2.50 bits per heavy atom. The van der Waals surface area contributed by atoms with Crippen molar-refractivity contribution in [2.24, 2.45) is 0 Å². The van der Waals surface area contributed by atoms with Gasteiger partial charge >= 0.3 is 0 Å². The van der Waals surface area contributed by atoms with E-state index in [9.17, 15) is 0 Å². The summed E-state index contributed by atoms with van der Waals surface area (Å²) in [6.07, 6.45) is 0.642. The van der Waals surface area contributed by atoms with Gasteiger partial charge in [0.1, 0.15) is 0 Å². The maximum atomic E-state index is 8.63. The molecule has 5 heteroatoms. The lowest BCUT2D eigenvalue weighted by Crippen LogP contribution is -1.98. The molecule has 0 atom stereocenters. The van der Waals surface area contributed by atoms with Gasteiger partial charge < -0.3 is 5.21 Å². The molecule has 1 heterocycles. The van der Waals surface area contributed by atoms with Gasteiger partial charge in [0, 0.05) is 6.42 Å². The molecule has 0 aromatic carbocycles. The summed E-state index contributed by atoms with van der Waals surface area (Å²) in [5.41, 5.74) is 0. The van der Waals surface area contributed by atoms with Crippen LogP contribution in [0.3, 0.4) is 0 Å². The predicted octanol–water partition coefficient (Wildman–Crippen LogP) is -0.527. The predicted molar refractivity (Wildman–Crippen MR) is 24.4 cm³/mol. The zero-order chi connectivity index (χ0) is 5.98. The average molecular weight is 114 g/mol. The molecule has 0 aliphatic carbocycles. The first kappa shape index (κ1) is 5.02. The molecule has 1 N–H and O–H groups in total. The Labute approximate surface area is 45.9 Å². The fourth-order valence-electron chi connectivity index (χ4n) is 0.413. The standard InChI is InChI=1S/C3H6N4O/c1-2-3-4-5-6-7(3)8/h8H,2H2,1H3. The highest BCUT2D eigenvalue weighted by Crippen LogP contribution is 1.85. The van der Waals surface area contributed by atoms with Crippen LogP contribution in [0.15, 0.2) is 0 Å². The first-order valence-electron chi connectivity index (χ1n) is 2.31. The highest BCUT2D eigenvalue weighted by atomic mass is 16.5. The van der Waals surface area contributed by atoms with Crippen LogP contribution in [0, 0.1) is 0 Å². The van der Waals surface area contributed by atoms with Crippen molar-refractivity contribution in [3.8, 4) is 0 Å². The van der Waals surface area contributed by atoms with Crippen LogP contribution in [0.1, 0.15) is 12.7 Å². The van der Waals surface area contributed by atoms with E-state index >= 15 is 0 Å². The van der Waals surface area contributed by atoms with Crippen LogP contribution in [0.4, 0.5) is 0 Å². The van der Waals surface area contributed by atoms with Crippen molar-refractivity contribution in [3.05, 3.63) is 5.82 Å². The van der Waals surface area contributed by atoms with Crippen molar-refractivity contribution in [3.63, 3.8) is 0 Å². The molecule has 0 aliphatic rings. The second kappa shape index (κ2) is 1.77. The minimum atomic E-state index is 0.477. The van der Waals surface area contributed by atoms with Crippen LogP contribution >= 0.6 is 0 Å². The molecule has 0 aliphatic heterocycles. The number of tetrazole rings is 1. The van der Waals surface area contributed by atoms with Crippen LogP contribution in [0.2, 0.25) is 0 Å². The van der Waals surface area contributed by atoms with Crippen molar-refractivity contribution in [1.82, 2.24) is 20.4 Å². The largest absolute Gasteiger partial charge is 0.409 e. The third-order valence-electron chi connectivity index (χ3n) is 0.832. The second-order valence-corrected chi connectivity index (χ2v) is 1.34. The lowest BCUT2D eigenvalue weighted by atomic mass is 10.5. The minimum Gasteiger partial charge on any atom is -0.409 e. The highest BCUT2D eigenvalue weighted by Gasteiger charge is 1.97. The van der Waals surface area contributed by atoms with Crippen molar-refractivity contribution >= 4 is 0 Å². The molecule has 1 aromatic rings. The zero-order valence-corrected chi connectivity index (χ0v) is 4.44. The maximum Gasteiger partial charge on any atom is 0.191 e. The number of aryl methyl sites for hydroxylation is 1. The van der Waals surface area contributed by atoms with Gasteiger partial charge in [-0.2, -0.15) is 0 Å². The molecule has 44 valence electrons. The molecule has 0 radical (unpaired) electrons. The summed E-state index contributed by atoms with van der Waals surface area (Å²) in [5.74, 6) is 0.477. The van der Waals surface area contributed by atoms with E-state index in [-0.39, 0.29) is 0 Å². The van der Waals surface area contributed by atoms with Crippen molar-refractivity contribution in [2.75, 3.05) is 0 Å². The SMILES string of the molecule is CCc1nnnn1O. The van der Waals surface area contributed by atoms with Crippen LogP contribution < -0.4 is 0 Å². The number of hydrogen-bond donors (Lipinski definition) is 1. The van der Waals surface area contributed by atoms with Crippen LogP contribution in [-0.2, 0) is 6.42 Å². The van der Waals surface area contributed by atoms with Gasteiger partial charge in [0.25, 0.3) is 0 Å². The highest BCUT2D eigenvalue weighted by molar-refractivity contribution is 4.73. The fraction of sp³-hybridized carbons (Fsp3) is 0.667. The van der Waals surface area contributed by atoms with Gasteiger partial charge in [-0.05, 0) is 10.4 Å². The number of aromatic nitrogens is 4. The van der Waals surface area contributed by atoms with E-state index in [0.29, 0.717) is 17.1 Å². The van der Waals surface area contributed by atoms with E-state index in [1.807, 2.05) is 6.92 Å². The van der Waals surface area contributed by atoms with Crippen molar-refractivity contribution in [1.29, 1.82) is 0 Å². The Morgan fingerprint density at radius 1 is 1.75 bits per heavy atom. The molecule has 0 bridgehead atoms. The van der Waals surface area contributed by atoms with Gasteiger partial charge in [-0.15, -0.1) is 5.10 Å². The fourth-order valence-corrected chi connectivity index (χ4v) is 0.413. The lowest BCUT2D eigenvalue weighted by Gasteiger charge is -1.85. The topological polar surface area (TPSA) is 63.8 Å². The van der Waals surface area contributed by atoms with Crippen molar-refractivity contribution in [2.45, 2.75) is 13.3 Å². The average Bonchev–Trinajstić information content (AvgIpc) is 2.14. The van der Waals surface area contributed by atoms with Gasteiger partial charge in [0.05, 0.1) is 0 Å². The van der Waals surface area contributed by atoms with Gasteiger partial charge in [-0.1, -0.05) is 11.8 Å². The number of hydrogen-bond acceptors (Lipinski definition) is 4. The Morgan fingerprint density at radius 3 is 2.75 bits per heavy atom. The van der Waals surface area contributed by atoms with E-state index in [2.05, 4.69) is 15.5 Å². The monoisotopic (exact) mass is 114 g/mol. The third-order valence-corrected chi connectivity index (χ3v) is 0.832. The molecule has 5 nitrogen and oxygen atoms in total.